The molecule has 2 aromatic carbocycles. The topological polar surface area (TPSA) is 75.7 Å². The van der Waals surface area contributed by atoms with Gasteiger partial charge in [0.05, 0.1) is 18.5 Å². The van der Waals surface area contributed by atoms with E-state index in [0.717, 1.165) is 4.90 Å². The maximum absolute atomic E-state index is 12.2. The predicted octanol–water partition coefficient (Wildman–Crippen LogP) is 3.80. The summed E-state index contributed by atoms with van der Waals surface area (Å²) in [7, 11) is -3.43. The number of anilines is 1. The number of thioether (sulfide) groups is 1. The second-order valence-electron chi connectivity index (χ2n) is 6.29. The van der Waals surface area contributed by atoms with E-state index in [2.05, 4.69) is 5.32 Å². The molecule has 0 saturated carbocycles. The highest BCUT2D eigenvalue weighted by Crippen LogP contribution is 2.24. The summed E-state index contributed by atoms with van der Waals surface area (Å²) in [6.07, 6.45) is 3.76. The summed E-state index contributed by atoms with van der Waals surface area (Å²) in [5.74, 6) is 0.538. The average Bonchev–Trinajstić information content (AvgIpc) is 2.69. The van der Waals surface area contributed by atoms with E-state index in [0.29, 0.717) is 36.0 Å². The minimum absolute atomic E-state index is 0.143. The second-order valence-corrected chi connectivity index (χ2v) is 9.52. The Balaban J connectivity index is 1.76. The summed E-state index contributed by atoms with van der Waals surface area (Å²) in [5, 5.41) is 3.41. The van der Waals surface area contributed by atoms with Crippen molar-refractivity contribution in [1.29, 1.82) is 0 Å². The molecule has 0 aliphatic carbocycles. The lowest BCUT2D eigenvalue weighted by atomic mass is 10.2. The molecule has 0 unspecified atom stereocenters. The smallest absolute Gasteiger partial charge is 0.232 e. The van der Waals surface area contributed by atoms with Crippen molar-refractivity contribution >= 4 is 45.0 Å². The highest BCUT2D eigenvalue weighted by atomic mass is 35.5. The first-order chi connectivity index (χ1) is 13.8. The maximum atomic E-state index is 12.2. The Bertz CT molecular complexity index is 905. The number of ether oxygens (including phenoxy) is 1. The molecule has 0 bridgehead atoms. The molecule has 0 aliphatic heterocycles. The van der Waals surface area contributed by atoms with E-state index in [1.165, 1.54) is 10.6 Å². The molecule has 0 heterocycles. The molecule has 0 aromatic heterocycles. The predicted molar refractivity (Wildman–Crippen MR) is 120 cm³/mol. The van der Waals surface area contributed by atoms with Gasteiger partial charge >= 0.3 is 0 Å². The molecule has 158 valence electrons. The van der Waals surface area contributed by atoms with Gasteiger partial charge in [0, 0.05) is 22.9 Å². The van der Waals surface area contributed by atoms with E-state index in [-0.39, 0.29) is 18.9 Å². The number of benzene rings is 2. The first-order valence-electron chi connectivity index (χ1n) is 9.06. The molecule has 2 rings (SSSR count). The molecule has 0 atom stereocenters. The van der Waals surface area contributed by atoms with Crippen LogP contribution in [0.2, 0.25) is 5.02 Å². The van der Waals surface area contributed by atoms with Gasteiger partial charge in [-0.3, -0.25) is 9.10 Å². The summed E-state index contributed by atoms with van der Waals surface area (Å²) in [4.78, 5) is 13.0. The van der Waals surface area contributed by atoms with E-state index in [1.54, 1.807) is 42.1 Å². The third-order valence-electron chi connectivity index (χ3n) is 4.01. The highest BCUT2D eigenvalue weighted by molar-refractivity contribution is 7.98. The van der Waals surface area contributed by atoms with E-state index in [9.17, 15) is 13.2 Å². The van der Waals surface area contributed by atoms with Crippen molar-refractivity contribution in [3.8, 4) is 5.75 Å². The van der Waals surface area contributed by atoms with Crippen LogP contribution in [0.5, 0.6) is 5.75 Å². The number of carbonyl (C=O) groups excluding carboxylic acids is 1. The van der Waals surface area contributed by atoms with Crippen LogP contribution < -0.4 is 14.4 Å². The van der Waals surface area contributed by atoms with Crippen LogP contribution in [0.1, 0.15) is 12.8 Å². The van der Waals surface area contributed by atoms with Crippen molar-refractivity contribution < 1.29 is 17.9 Å². The molecule has 9 heteroatoms. The van der Waals surface area contributed by atoms with Crippen molar-refractivity contribution in [1.82, 2.24) is 5.32 Å². The lowest BCUT2D eigenvalue weighted by Crippen LogP contribution is -2.32. The molecule has 2 aromatic rings. The first kappa shape index (κ1) is 23.4. The van der Waals surface area contributed by atoms with Crippen LogP contribution in [0.4, 0.5) is 5.69 Å². The van der Waals surface area contributed by atoms with Crippen LogP contribution in [0.3, 0.4) is 0 Å². The number of sulfonamides is 1. The number of amides is 1. The van der Waals surface area contributed by atoms with Crippen molar-refractivity contribution in [2.45, 2.75) is 17.7 Å². The van der Waals surface area contributed by atoms with Crippen LogP contribution in [-0.4, -0.2) is 46.5 Å². The number of nitrogens with one attached hydrogen (secondary N) is 1. The normalized spacial score (nSPS) is 11.1. The first-order valence-corrected chi connectivity index (χ1v) is 12.5. The molecule has 0 spiro atoms. The minimum Gasteiger partial charge on any atom is -0.492 e. The van der Waals surface area contributed by atoms with Gasteiger partial charge in [0.25, 0.3) is 0 Å². The molecular weight excluding hydrogens is 432 g/mol. The van der Waals surface area contributed by atoms with Crippen molar-refractivity contribution in [2.75, 3.05) is 36.5 Å². The summed E-state index contributed by atoms with van der Waals surface area (Å²) < 4.78 is 31.2. The molecule has 0 radical (unpaired) electrons. The quantitative estimate of drug-likeness (QED) is 0.411. The van der Waals surface area contributed by atoms with E-state index in [1.807, 2.05) is 24.5 Å². The van der Waals surface area contributed by atoms with Gasteiger partial charge < -0.3 is 10.1 Å². The van der Waals surface area contributed by atoms with Crippen LogP contribution in [-0.2, 0) is 14.8 Å². The Kier molecular flexibility index (Phi) is 9.13. The summed E-state index contributed by atoms with van der Waals surface area (Å²) in [6, 6.07) is 14.3. The zero-order chi connectivity index (χ0) is 21.3. The summed E-state index contributed by atoms with van der Waals surface area (Å²) in [5.41, 5.74) is 0.608. The number of rotatable bonds is 11. The number of nitrogens with zero attached hydrogens (tertiary/aromatic N) is 1. The SMILES string of the molecule is CSc1cccc(N(CCCC(=O)NCCOc2ccc(Cl)cc2)S(C)(=O)=O)c1. The fourth-order valence-electron chi connectivity index (χ4n) is 2.61. The average molecular weight is 457 g/mol. The van der Waals surface area contributed by atoms with Crippen molar-refractivity contribution in [3.63, 3.8) is 0 Å². The molecule has 6 nitrogen and oxygen atoms in total. The number of halogens is 1. The number of hydrogen-bond donors (Lipinski definition) is 1. The van der Waals surface area contributed by atoms with Gasteiger partial charge in [0.2, 0.25) is 15.9 Å². The number of carbonyl (C=O) groups is 1. The molecule has 0 aliphatic rings. The standard InChI is InChI=1S/C20H25ClN2O4S2/c1-28-19-6-3-5-17(15-19)23(29(2,25)26)13-4-7-20(24)22-12-14-27-18-10-8-16(21)9-11-18/h3,5-6,8-11,15H,4,7,12-14H2,1-2H3,(H,22,24). The van der Waals surface area contributed by atoms with Gasteiger partial charge in [0.15, 0.2) is 0 Å². The lowest BCUT2D eigenvalue weighted by Gasteiger charge is -2.22. The van der Waals surface area contributed by atoms with Gasteiger partial charge in [-0.25, -0.2) is 8.42 Å². The highest BCUT2D eigenvalue weighted by Gasteiger charge is 2.17. The van der Waals surface area contributed by atoms with Crippen LogP contribution in [0, 0.1) is 0 Å². The largest absolute Gasteiger partial charge is 0.492 e. The van der Waals surface area contributed by atoms with E-state index in [4.69, 9.17) is 16.3 Å². The minimum atomic E-state index is -3.43. The van der Waals surface area contributed by atoms with Gasteiger partial charge in [-0.05, 0) is 55.1 Å². The molecular formula is C20H25ClN2O4S2. The zero-order valence-electron chi connectivity index (χ0n) is 16.4. The van der Waals surface area contributed by atoms with Crippen LogP contribution in [0.15, 0.2) is 53.4 Å². The Morgan fingerprint density at radius 1 is 1.21 bits per heavy atom. The monoisotopic (exact) mass is 456 g/mol. The Hall–Kier alpha value is -1.90. The molecule has 1 N–H and O–H groups in total. The van der Waals surface area contributed by atoms with Gasteiger partial charge in [-0.1, -0.05) is 17.7 Å². The van der Waals surface area contributed by atoms with Crippen LogP contribution >= 0.6 is 23.4 Å². The number of hydrogen-bond acceptors (Lipinski definition) is 5. The fraction of sp³-hybridized carbons (Fsp3) is 0.350. The lowest BCUT2D eigenvalue weighted by molar-refractivity contribution is -0.121. The van der Waals surface area contributed by atoms with Crippen molar-refractivity contribution in [2.24, 2.45) is 0 Å². The van der Waals surface area contributed by atoms with Gasteiger partial charge in [-0.2, -0.15) is 0 Å². The zero-order valence-corrected chi connectivity index (χ0v) is 18.8. The van der Waals surface area contributed by atoms with Crippen LogP contribution in [0.25, 0.3) is 0 Å². The molecule has 29 heavy (non-hydrogen) atoms. The Morgan fingerprint density at radius 3 is 2.59 bits per heavy atom. The Labute approximate surface area is 181 Å². The molecule has 1 amide bonds. The third-order valence-corrected chi connectivity index (χ3v) is 6.18. The Morgan fingerprint density at radius 2 is 1.93 bits per heavy atom. The van der Waals surface area contributed by atoms with E-state index < -0.39 is 10.0 Å². The maximum Gasteiger partial charge on any atom is 0.232 e. The molecule has 0 saturated heterocycles. The third kappa shape index (κ3) is 8.16. The van der Waals surface area contributed by atoms with E-state index >= 15 is 0 Å². The van der Waals surface area contributed by atoms with Gasteiger partial charge in [0.1, 0.15) is 12.4 Å². The summed E-state index contributed by atoms with van der Waals surface area (Å²) in [6.45, 7) is 0.947. The second kappa shape index (κ2) is 11.3. The fourth-order valence-corrected chi connectivity index (χ4v) is 4.15. The van der Waals surface area contributed by atoms with Crippen molar-refractivity contribution in [3.05, 3.63) is 53.6 Å². The molecule has 0 fully saturated rings. The summed E-state index contributed by atoms with van der Waals surface area (Å²) >= 11 is 7.36. The van der Waals surface area contributed by atoms with Gasteiger partial charge in [-0.15, -0.1) is 11.8 Å².